The number of nitrogens with zero attached hydrogens (tertiary/aromatic N) is 2. The first-order valence-electron chi connectivity index (χ1n) is 6.18. The molecule has 1 amide bonds. The minimum Gasteiger partial charge on any atom is -0.460 e. The monoisotopic (exact) mass is 264 g/mol. The average molecular weight is 264 g/mol. The Morgan fingerprint density at radius 1 is 1.21 bits per heavy atom. The number of hydrogen-bond donors (Lipinski definition) is 0. The maximum absolute atomic E-state index is 11.9. The molecule has 0 bridgehead atoms. The van der Waals surface area contributed by atoms with Crippen LogP contribution in [-0.4, -0.2) is 29.5 Å². The number of aromatic nitrogens is 1. The normalized spacial score (nSPS) is 10.9. The third kappa shape index (κ3) is 5.50. The van der Waals surface area contributed by atoms with Crippen LogP contribution in [0.5, 0.6) is 0 Å². The van der Waals surface area contributed by atoms with Gasteiger partial charge in [-0.05, 0) is 32.9 Å². The van der Waals surface area contributed by atoms with Crippen LogP contribution in [0.2, 0.25) is 0 Å². The zero-order valence-corrected chi connectivity index (χ0v) is 11.8. The zero-order valence-electron chi connectivity index (χ0n) is 11.8. The van der Waals surface area contributed by atoms with Gasteiger partial charge >= 0.3 is 5.97 Å². The molecule has 0 fully saturated rings. The topological polar surface area (TPSA) is 59.5 Å². The van der Waals surface area contributed by atoms with E-state index in [4.69, 9.17) is 4.74 Å². The van der Waals surface area contributed by atoms with Crippen molar-refractivity contribution in [3.8, 4) is 0 Å². The molecular formula is C14H20N2O3. The molecule has 1 aromatic heterocycles. The Hall–Kier alpha value is -1.91. The van der Waals surface area contributed by atoms with E-state index >= 15 is 0 Å². The van der Waals surface area contributed by atoms with E-state index in [0.717, 1.165) is 5.69 Å². The Balaban J connectivity index is 2.46. The van der Waals surface area contributed by atoms with E-state index in [9.17, 15) is 9.59 Å². The van der Waals surface area contributed by atoms with E-state index in [2.05, 4.69) is 4.98 Å². The summed E-state index contributed by atoms with van der Waals surface area (Å²) < 4.78 is 5.15. The van der Waals surface area contributed by atoms with Crippen molar-refractivity contribution in [2.45, 2.75) is 39.2 Å². The van der Waals surface area contributed by atoms with Crippen molar-refractivity contribution < 1.29 is 14.3 Å². The van der Waals surface area contributed by atoms with Gasteiger partial charge in [0.1, 0.15) is 5.60 Å². The fourth-order valence-corrected chi connectivity index (χ4v) is 1.48. The van der Waals surface area contributed by atoms with Crippen LogP contribution in [0, 0.1) is 0 Å². The number of carbonyl (C=O) groups excluding carboxylic acids is 2. The van der Waals surface area contributed by atoms with Crippen molar-refractivity contribution in [2.75, 3.05) is 11.9 Å². The minimum atomic E-state index is -0.517. The highest BCUT2D eigenvalue weighted by Crippen LogP contribution is 2.13. The predicted octanol–water partition coefficient (Wildman–Crippen LogP) is 2.17. The first-order chi connectivity index (χ1) is 8.79. The van der Waals surface area contributed by atoms with Gasteiger partial charge in [-0.1, -0.05) is 0 Å². The van der Waals surface area contributed by atoms with Crippen LogP contribution in [0.3, 0.4) is 0 Å². The molecular weight excluding hydrogens is 244 g/mol. The van der Waals surface area contributed by atoms with E-state index < -0.39 is 5.60 Å². The van der Waals surface area contributed by atoms with Gasteiger partial charge in [0.05, 0.1) is 6.42 Å². The van der Waals surface area contributed by atoms with Crippen molar-refractivity contribution in [3.63, 3.8) is 0 Å². The number of hydrogen-bond acceptors (Lipinski definition) is 4. The lowest BCUT2D eigenvalue weighted by Crippen LogP contribution is -2.28. The maximum Gasteiger partial charge on any atom is 0.306 e. The van der Waals surface area contributed by atoms with Gasteiger partial charge < -0.3 is 9.64 Å². The average Bonchev–Trinajstić information content (AvgIpc) is 2.34. The van der Waals surface area contributed by atoms with Crippen LogP contribution in [0.4, 0.5) is 5.69 Å². The van der Waals surface area contributed by atoms with Gasteiger partial charge in [-0.25, -0.2) is 0 Å². The van der Waals surface area contributed by atoms with Crippen LogP contribution >= 0.6 is 0 Å². The van der Waals surface area contributed by atoms with Crippen molar-refractivity contribution in [1.29, 1.82) is 0 Å². The second kappa shape index (κ2) is 6.31. The summed E-state index contributed by atoms with van der Waals surface area (Å²) in [6.45, 7) is 5.40. The molecule has 0 unspecified atom stereocenters. The van der Waals surface area contributed by atoms with Crippen molar-refractivity contribution in [3.05, 3.63) is 24.5 Å². The molecule has 0 aromatic carbocycles. The lowest BCUT2D eigenvalue weighted by Gasteiger charge is -2.20. The Bertz CT molecular complexity index is 438. The molecule has 0 saturated heterocycles. The van der Waals surface area contributed by atoms with E-state index in [1.54, 1.807) is 52.3 Å². The van der Waals surface area contributed by atoms with Crippen LogP contribution in [0.1, 0.15) is 33.6 Å². The third-order valence-electron chi connectivity index (χ3n) is 2.39. The fraction of sp³-hybridized carbons (Fsp3) is 0.500. The molecule has 5 nitrogen and oxygen atoms in total. The quantitative estimate of drug-likeness (QED) is 0.782. The summed E-state index contributed by atoms with van der Waals surface area (Å²) >= 11 is 0. The minimum absolute atomic E-state index is 0.0888. The van der Waals surface area contributed by atoms with Gasteiger partial charge in [-0.3, -0.25) is 14.6 Å². The summed E-state index contributed by atoms with van der Waals surface area (Å²) in [7, 11) is 1.67. The molecule has 1 heterocycles. The van der Waals surface area contributed by atoms with Crippen LogP contribution < -0.4 is 4.90 Å². The Kier molecular flexibility index (Phi) is 5.03. The number of anilines is 1. The Morgan fingerprint density at radius 2 is 1.79 bits per heavy atom. The number of ether oxygens (including phenoxy) is 1. The number of carbonyl (C=O) groups is 2. The second-order valence-corrected chi connectivity index (χ2v) is 5.24. The highest BCUT2D eigenvalue weighted by atomic mass is 16.6. The lowest BCUT2D eigenvalue weighted by molar-refractivity contribution is -0.155. The number of esters is 1. The first kappa shape index (κ1) is 15.1. The lowest BCUT2D eigenvalue weighted by atomic mass is 10.2. The van der Waals surface area contributed by atoms with E-state index in [1.807, 2.05) is 0 Å². The molecule has 0 saturated carbocycles. The summed E-state index contributed by atoms with van der Waals surface area (Å²) in [5.41, 5.74) is 0.237. The number of amides is 1. The Morgan fingerprint density at radius 3 is 2.32 bits per heavy atom. The van der Waals surface area contributed by atoms with Crippen molar-refractivity contribution >= 4 is 17.6 Å². The van der Waals surface area contributed by atoms with Gasteiger partial charge in [-0.2, -0.15) is 0 Å². The molecule has 0 aliphatic carbocycles. The summed E-state index contributed by atoms with van der Waals surface area (Å²) in [6, 6.07) is 3.48. The maximum atomic E-state index is 11.9. The van der Waals surface area contributed by atoms with E-state index in [-0.39, 0.29) is 24.7 Å². The number of pyridine rings is 1. The molecule has 0 atom stereocenters. The van der Waals surface area contributed by atoms with Crippen LogP contribution in [0.25, 0.3) is 0 Å². The molecule has 0 aliphatic heterocycles. The summed E-state index contributed by atoms with van der Waals surface area (Å²) in [5.74, 6) is -0.485. The molecule has 19 heavy (non-hydrogen) atoms. The number of rotatable bonds is 4. The molecule has 0 aliphatic rings. The molecule has 1 aromatic rings. The van der Waals surface area contributed by atoms with E-state index in [0.29, 0.717) is 0 Å². The van der Waals surface area contributed by atoms with Gasteiger partial charge in [0.2, 0.25) is 5.91 Å². The molecule has 0 radical (unpaired) electrons. The highest BCUT2D eigenvalue weighted by Gasteiger charge is 2.18. The van der Waals surface area contributed by atoms with Crippen molar-refractivity contribution in [2.24, 2.45) is 0 Å². The zero-order chi connectivity index (χ0) is 14.5. The van der Waals surface area contributed by atoms with Gasteiger partial charge in [-0.15, -0.1) is 0 Å². The second-order valence-electron chi connectivity index (χ2n) is 5.24. The van der Waals surface area contributed by atoms with Crippen molar-refractivity contribution in [1.82, 2.24) is 4.98 Å². The molecule has 5 heteroatoms. The first-order valence-corrected chi connectivity index (χ1v) is 6.18. The van der Waals surface area contributed by atoms with Crippen LogP contribution in [0.15, 0.2) is 24.5 Å². The van der Waals surface area contributed by atoms with Gasteiger partial charge in [0, 0.05) is 31.5 Å². The van der Waals surface area contributed by atoms with Gasteiger partial charge in [0.25, 0.3) is 0 Å². The predicted molar refractivity (Wildman–Crippen MR) is 72.7 cm³/mol. The third-order valence-corrected chi connectivity index (χ3v) is 2.39. The van der Waals surface area contributed by atoms with Crippen LogP contribution in [-0.2, 0) is 14.3 Å². The summed E-state index contributed by atoms with van der Waals surface area (Å²) in [4.78, 5) is 28.8. The Labute approximate surface area is 113 Å². The van der Waals surface area contributed by atoms with Gasteiger partial charge in [0.15, 0.2) is 0 Å². The molecule has 1 rings (SSSR count). The fourth-order valence-electron chi connectivity index (χ4n) is 1.48. The SMILES string of the molecule is CN(C(=O)CCC(=O)OC(C)(C)C)c1ccncc1. The standard InChI is InChI=1S/C14H20N2O3/c1-14(2,3)19-13(18)6-5-12(17)16(4)11-7-9-15-10-8-11/h7-10H,5-6H2,1-4H3. The molecule has 104 valence electrons. The smallest absolute Gasteiger partial charge is 0.306 e. The largest absolute Gasteiger partial charge is 0.460 e. The summed E-state index contributed by atoms with van der Waals surface area (Å²) in [6.07, 6.45) is 3.46. The molecule has 0 spiro atoms. The highest BCUT2D eigenvalue weighted by molar-refractivity contribution is 5.94. The summed E-state index contributed by atoms with van der Waals surface area (Å²) in [5, 5.41) is 0. The van der Waals surface area contributed by atoms with E-state index in [1.165, 1.54) is 4.90 Å². The molecule has 0 N–H and O–H groups in total.